The van der Waals surface area contributed by atoms with Gasteiger partial charge in [-0.2, -0.15) is 0 Å². The fourth-order valence-corrected chi connectivity index (χ4v) is 4.23. The molecule has 0 spiro atoms. The Morgan fingerprint density at radius 3 is 2.67 bits per heavy atom. The zero-order valence-electron chi connectivity index (χ0n) is 12.7. The van der Waals surface area contributed by atoms with E-state index in [1.807, 2.05) is 0 Å². The lowest BCUT2D eigenvalue weighted by molar-refractivity contribution is 0.123. The van der Waals surface area contributed by atoms with Crippen LogP contribution in [0.4, 0.5) is 0 Å². The number of nitrogens with zero attached hydrogens (tertiary/aromatic N) is 1. The minimum absolute atomic E-state index is 0.637. The van der Waals surface area contributed by atoms with Crippen molar-refractivity contribution in [3.8, 4) is 5.75 Å². The number of hydrogen-bond donors (Lipinski definition) is 0. The van der Waals surface area contributed by atoms with Gasteiger partial charge in [-0.05, 0) is 73.2 Å². The zero-order valence-corrected chi connectivity index (χ0v) is 12.7. The highest BCUT2D eigenvalue weighted by Gasteiger charge is 2.34. The molecule has 0 amide bonds. The van der Waals surface area contributed by atoms with Crippen LogP contribution in [0.3, 0.4) is 0 Å². The number of fused-ring (bicyclic) bond motifs is 2. The van der Waals surface area contributed by atoms with Crippen molar-refractivity contribution < 1.29 is 4.74 Å². The summed E-state index contributed by atoms with van der Waals surface area (Å²) in [6, 6.07) is 14.8. The molecule has 2 saturated heterocycles. The fourth-order valence-electron chi connectivity index (χ4n) is 4.23. The monoisotopic (exact) mass is 281 g/mol. The first-order valence-corrected chi connectivity index (χ1v) is 8.18. The van der Waals surface area contributed by atoms with Gasteiger partial charge < -0.3 is 4.74 Å². The molecular weight excluding hydrogens is 258 g/mol. The number of hydrogen-bond acceptors (Lipinski definition) is 2. The highest BCUT2D eigenvalue weighted by Crippen LogP contribution is 2.40. The molecule has 4 rings (SSSR count). The lowest BCUT2D eigenvalue weighted by atomic mass is 9.91. The van der Waals surface area contributed by atoms with Crippen LogP contribution in [-0.4, -0.2) is 24.6 Å². The van der Waals surface area contributed by atoms with E-state index >= 15 is 0 Å². The fraction of sp³-hybridized carbons (Fsp3) is 0.474. The third-order valence-electron chi connectivity index (χ3n) is 5.29. The Balaban J connectivity index is 1.69. The van der Waals surface area contributed by atoms with Crippen LogP contribution in [0, 0.1) is 0 Å². The van der Waals surface area contributed by atoms with Gasteiger partial charge in [-0.3, -0.25) is 4.90 Å². The Kier molecular flexibility index (Phi) is 3.34. The van der Waals surface area contributed by atoms with E-state index < -0.39 is 0 Å². The smallest absolute Gasteiger partial charge is 0.119 e. The summed E-state index contributed by atoms with van der Waals surface area (Å²) >= 11 is 0. The van der Waals surface area contributed by atoms with E-state index in [4.69, 9.17) is 4.74 Å². The van der Waals surface area contributed by atoms with Gasteiger partial charge in [0.15, 0.2) is 0 Å². The van der Waals surface area contributed by atoms with Crippen molar-refractivity contribution in [2.24, 2.45) is 0 Å². The van der Waals surface area contributed by atoms with Gasteiger partial charge in [0.1, 0.15) is 5.75 Å². The molecule has 2 atom stereocenters. The number of methoxy groups -OCH3 is 1. The quantitative estimate of drug-likeness (QED) is 0.801. The standard InChI is InChI=1S/C19H23NO/c1-21-18-10-9-14-12-16(8-7-15(14)13-18)19-6-2-4-17-5-3-11-20(17)19/h7-10,12-13,17,19H,2-6,11H2,1H3/t17-,19+/m1/s1. The minimum Gasteiger partial charge on any atom is -0.497 e. The van der Waals surface area contributed by atoms with Crippen molar-refractivity contribution in [1.82, 2.24) is 4.90 Å². The summed E-state index contributed by atoms with van der Waals surface area (Å²) in [5, 5.41) is 2.60. The highest BCUT2D eigenvalue weighted by molar-refractivity contribution is 5.84. The van der Waals surface area contributed by atoms with Crippen LogP contribution in [0.5, 0.6) is 5.75 Å². The minimum atomic E-state index is 0.637. The zero-order chi connectivity index (χ0) is 14.2. The maximum absolute atomic E-state index is 5.32. The molecule has 2 aliphatic rings. The van der Waals surface area contributed by atoms with Gasteiger partial charge in [0.2, 0.25) is 0 Å². The van der Waals surface area contributed by atoms with Crippen LogP contribution >= 0.6 is 0 Å². The molecule has 0 N–H and O–H groups in total. The number of rotatable bonds is 2. The van der Waals surface area contributed by atoms with E-state index in [0.717, 1.165) is 11.8 Å². The summed E-state index contributed by atoms with van der Waals surface area (Å²) in [6.45, 7) is 1.29. The van der Waals surface area contributed by atoms with Crippen LogP contribution in [0.2, 0.25) is 0 Å². The Morgan fingerprint density at radius 2 is 1.76 bits per heavy atom. The van der Waals surface area contributed by atoms with E-state index in [9.17, 15) is 0 Å². The summed E-state index contributed by atoms with van der Waals surface area (Å²) in [6.07, 6.45) is 6.89. The summed E-state index contributed by atoms with van der Waals surface area (Å²) in [4.78, 5) is 2.76. The van der Waals surface area contributed by atoms with Crippen LogP contribution in [-0.2, 0) is 0 Å². The molecule has 2 fully saturated rings. The topological polar surface area (TPSA) is 12.5 Å². The molecule has 2 aromatic carbocycles. The molecular formula is C19H23NO. The average Bonchev–Trinajstić information content (AvgIpc) is 3.02. The second-order valence-corrected chi connectivity index (χ2v) is 6.45. The lowest BCUT2D eigenvalue weighted by Gasteiger charge is -2.38. The average molecular weight is 281 g/mol. The summed E-state index contributed by atoms with van der Waals surface area (Å²) in [7, 11) is 1.73. The maximum atomic E-state index is 5.32. The van der Waals surface area contributed by atoms with Gasteiger partial charge in [-0.1, -0.05) is 18.2 Å². The SMILES string of the molecule is COc1ccc2cc([C@@H]3CCC[C@@H]4CCCN43)ccc2c1. The van der Waals surface area contributed by atoms with E-state index in [2.05, 4.69) is 41.3 Å². The molecule has 0 unspecified atom stereocenters. The van der Waals surface area contributed by atoms with Crippen molar-refractivity contribution in [1.29, 1.82) is 0 Å². The first kappa shape index (κ1) is 13.1. The molecule has 2 nitrogen and oxygen atoms in total. The Labute approximate surface area is 126 Å². The third-order valence-corrected chi connectivity index (χ3v) is 5.29. The van der Waals surface area contributed by atoms with E-state index in [1.165, 1.54) is 55.0 Å². The Morgan fingerprint density at radius 1 is 0.952 bits per heavy atom. The molecule has 2 heterocycles. The third kappa shape index (κ3) is 2.32. The number of benzene rings is 2. The van der Waals surface area contributed by atoms with Gasteiger partial charge in [0.25, 0.3) is 0 Å². The van der Waals surface area contributed by atoms with Gasteiger partial charge in [0, 0.05) is 12.1 Å². The van der Waals surface area contributed by atoms with Crippen LogP contribution < -0.4 is 4.74 Å². The van der Waals surface area contributed by atoms with E-state index in [1.54, 1.807) is 7.11 Å². The number of piperidine rings is 1. The molecule has 0 radical (unpaired) electrons. The first-order valence-electron chi connectivity index (χ1n) is 8.18. The second-order valence-electron chi connectivity index (χ2n) is 6.45. The van der Waals surface area contributed by atoms with Gasteiger partial charge in [-0.25, -0.2) is 0 Å². The second kappa shape index (κ2) is 5.34. The molecule has 0 saturated carbocycles. The maximum Gasteiger partial charge on any atom is 0.119 e. The summed E-state index contributed by atoms with van der Waals surface area (Å²) in [5.74, 6) is 0.938. The van der Waals surface area contributed by atoms with Gasteiger partial charge in [0.05, 0.1) is 7.11 Å². The van der Waals surface area contributed by atoms with Crippen LogP contribution in [0.15, 0.2) is 36.4 Å². The Hall–Kier alpha value is -1.54. The van der Waals surface area contributed by atoms with Crippen molar-refractivity contribution in [3.63, 3.8) is 0 Å². The molecule has 0 aliphatic carbocycles. The highest BCUT2D eigenvalue weighted by atomic mass is 16.5. The number of ether oxygens (including phenoxy) is 1. The van der Waals surface area contributed by atoms with Gasteiger partial charge in [-0.15, -0.1) is 0 Å². The van der Waals surface area contributed by atoms with Crippen LogP contribution in [0.1, 0.15) is 43.7 Å². The molecule has 0 aromatic heterocycles. The largest absolute Gasteiger partial charge is 0.497 e. The predicted molar refractivity (Wildman–Crippen MR) is 86.8 cm³/mol. The summed E-state index contributed by atoms with van der Waals surface area (Å²) in [5.41, 5.74) is 1.50. The molecule has 2 heteroatoms. The van der Waals surface area contributed by atoms with Crippen LogP contribution in [0.25, 0.3) is 10.8 Å². The first-order chi connectivity index (χ1) is 10.3. The predicted octanol–water partition coefficient (Wildman–Crippen LogP) is 4.54. The lowest BCUT2D eigenvalue weighted by Crippen LogP contribution is -2.37. The molecule has 110 valence electrons. The molecule has 2 aliphatic heterocycles. The molecule has 2 aromatic rings. The van der Waals surface area contributed by atoms with Crippen molar-refractivity contribution >= 4 is 10.8 Å². The van der Waals surface area contributed by atoms with Crippen molar-refractivity contribution in [2.75, 3.05) is 13.7 Å². The molecule has 0 bridgehead atoms. The van der Waals surface area contributed by atoms with Crippen molar-refractivity contribution in [2.45, 2.75) is 44.2 Å². The van der Waals surface area contributed by atoms with E-state index in [0.29, 0.717) is 6.04 Å². The Bertz CT molecular complexity index is 651. The molecule has 21 heavy (non-hydrogen) atoms. The van der Waals surface area contributed by atoms with Crippen molar-refractivity contribution in [3.05, 3.63) is 42.0 Å². The summed E-state index contributed by atoms with van der Waals surface area (Å²) < 4.78 is 5.32. The van der Waals surface area contributed by atoms with E-state index in [-0.39, 0.29) is 0 Å². The normalized spacial score (nSPS) is 26.0. The van der Waals surface area contributed by atoms with Gasteiger partial charge >= 0.3 is 0 Å².